The van der Waals surface area contributed by atoms with Crippen LogP contribution >= 0.6 is 0 Å². The van der Waals surface area contributed by atoms with Gasteiger partial charge in [0.05, 0.1) is 5.25 Å². The van der Waals surface area contributed by atoms with Crippen molar-refractivity contribution in [2.45, 2.75) is 37.9 Å². The van der Waals surface area contributed by atoms with Crippen molar-refractivity contribution in [3.8, 4) is 0 Å². The van der Waals surface area contributed by atoms with Crippen LogP contribution in [0.15, 0.2) is 30.3 Å². The Balaban J connectivity index is 2.89. The minimum Gasteiger partial charge on any atom is -0.228 e. The molecule has 0 aliphatic carbocycles. The number of benzene rings is 1. The summed E-state index contributed by atoms with van der Waals surface area (Å²) in [7, 11) is -3.44. The quantitative estimate of drug-likeness (QED) is 0.876. The summed E-state index contributed by atoms with van der Waals surface area (Å²) in [5.74, 6) is 0. The van der Waals surface area contributed by atoms with Gasteiger partial charge in [-0.05, 0) is 24.3 Å². The van der Waals surface area contributed by atoms with Gasteiger partial charge in [0, 0.05) is 0 Å². The fourth-order valence-electron chi connectivity index (χ4n) is 1.84. The van der Waals surface area contributed by atoms with Crippen LogP contribution in [0.3, 0.4) is 0 Å². The van der Waals surface area contributed by atoms with Gasteiger partial charge in [-0.3, -0.25) is 0 Å². The van der Waals surface area contributed by atoms with E-state index in [0.717, 1.165) is 5.56 Å². The van der Waals surface area contributed by atoms with E-state index in [2.05, 4.69) is 0 Å². The first-order valence-electron chi connectivity index (χ1n) is 5.30. The number of sulfonamides is 1. The Morgan fingerprint density at radius 3 is 2.19 bits per heavy atom. The minimum absolute atomic E-state index is 0.187. The van der Waals surface area contributed by atoms with Crippen LogP contribution in [0.2, 0.25) is 0 Å². The first-order chi connectivity index (χ1) is 7.23. The fourth-order valence-corrected chi connectivity index (χ4v) is 2.49. The molecule has 0 aromatic heterocycles. The number of nitrogens with two attached hydrogens (primary N) is 1. The Hall–Kier alpha value is -0.870. The van der Waals surface area contributed by atoms with Crippen LogP contribution in [-0.4, -0.2) is 13.7 Å². The molecule has 0 heterocycles. The van der Waals surface area contributed by atoms with E-state index in [9.17, 15) is 8.42 Å². The third-order valence-corrected chi connectivity index (χ3v) is 4.20. The highest BCUT2D eigenvalue weighted by atomic mass is 32.2. The van der Waals surface area contributed by atoms with Crippen LogP contribution in [0.5, 0.6) is 0 Å². The Bertz CT molecular complexity index is 437. The molecule has 2 N–H and O–H groups in total. The van der Waals surface area contributed by atoms with E-state index in [-0.39, 0.29) is 5.41 Å². The van der Waals surface area contributed by atoms with Gasteiger partial charge in [-0.1, -0.05) is 44.2 Å². The predicted octanol–water partition coefficient (Wildman–Crippen LogP) is 2.03. The summed E-state index contributed by atoms with van der Waals surface area (Å²) in [5, 5.41) is 4.61. The van der Waals surface area contributed by atoms with Gasteiger partial charge in [0.15, 0.2) is 0 Å². The second-order valence-corrected chi connectivity index (χ2v) is 6.84. The molecule has 0 spiro atoms. The lowest BCUT2D eigenvalue weighted by molar-refractivity contribution is 0.464. The zero-order chi connectivity index (χ0) is 12.4. The molecule has 0 fully saturated rings. The highest BCUT2D eigenvalue weighted by molar-refractivity contribution is 7.89. The van der Waals surface area contributed by atoms with Gasteiger partial charge in [-0.2, -0.15) is 0 Å². The van der Waals surface area contributed by atoms with E-state index in [1.165, 1.54) is 0 Å². The Morgan fingerprint density at radius 2 is 1.75 bits per heavy atom. The first-order valence-corrected chi connectivity index (χ1v) is 6.91. The van der Waals surface area contributed by atoms with Gasteiger partial charge in [0.25, 0.3) is 0 Å². The molecule has 1 atom stereocenters. The molecule has 0 saturated heterocycles. The van der Waals surface area contributed by atoms with Crippen LogP contribution in [0.4, 0.5) is 0 Å². The largest absolute Gasteiger partial charge is 0.228 e. The molecule has 0 aliphatic heterocycles. The van der Waals surface area contributed by atoms with Crippen molar-refractivity contribution >= 4 is 10.0 Å². The summed E-state index contributed by atoms with van der Waals surface area (Å²) < 4.78 is 22.4. The van der Waals surface area contributed by atoms with Crippen molar-refractivity contribution in [1.82, 2.24) is 0 Å². The van der Waals surface area contributed by atoms with Gasteiger partial charge in [-0.15, -0.1) is 0 Å². The maximum Gasteiger partial charge on any atom is 0.211 e. The first kappa shape index (κ1) is 13.2. The molecule has 1 unspecified atom stereocenters. The lowest BCUT2D eigenvalue weighted by Crippen LogP contribution is -2.32. The molecule has 16 heavy (non-hydrogen) atoms. The van der Waals surface area contributed by atoms with Crippen LogP contribution in [0.25, 0.3) is 0 Å². The highest BCUT2D eigenvalue weighted by Gasteiger charge is 2.27. The summed E-state index contributed by atoms with van der Waals surface area (Å²) in [6.45, 7) is 5.72. The van der Waals surface area contributed by atoms with Crippen LogP contribution in [-0.2, 0) is 15.4 Å². The summed E-state index contributed by atoms with van der Waals surface area (Å²) in [6.07, 6.45) is 0.524. The van der Waals surface area contributed by atoms with Crippen molar-refractivity contribution in [3.63, 3.8) is 0 Å². The van der Waals surface area contributed by atoms with Gasteiger partial charge in [0.2, 0.25) is 10.0 Å². The lowest BCUT2D eigenvalue weighted by Gasteiger charge is -2.27. The smallest absolute Gasteiger partial charge is 0.211 e. The monoisotopic (exact) mass is 241 g/mol. The third kappa shape index (κ3) is 3.32. The van der Waals surface area contributed by atoms with Crippen LogP contribution in [0, 0.1) is 0 Å². The van der Waals surface area contributed by atoms with Crippen molar-refractivity contribution in [2.24, 2.45) is 5.14 Å². The summed E-state index contributed by atoms with van der Waals surface area (Å²) >= 11 is 0. The molecule has 0 amide bonds. The number of rotatable bonds is 4. The molecule has 0 radical (unpaired) electrons. The molecule has 0 saturated carbocycles. The molecule has 0 aliphatic rings. The van der Waals surface area contributed by atoms with Crippen molar-refractivity contribution in [2.75, 3.05) is 0 Å². The van der Waals surface area contributed by atoms with Gasteiger partial charge in [0.1, 0.15) is 0 Å². The van der Waals surface area contributed by atoms with E-state index >= 15 is 0 Å². The maximum absolute atomic E-state index is 11.2. The maximum atomic E-state index is 11.2. The normalized spacial score (nSPS) is 14.8. The van der Waals surface area contributed by atoms with Crippen molar-refractivity contribution in [3.05, 3.63) is 35.9 Å². The van der Waals surface area contributed by atoms with Crippen molar-refractivity contribution < 1.29 is 8.42 Å². The second-order valence-electron chi connectivity index (χ2n) is 4.85. The Labute approximate surface area is 97.7 Å². The molecular formula is C12H19NO2S. The summed E-state index contributed by atoms with van der Waals surface area (Å²) in [4.78, 5) is 0. The molecule has 1 aromatic rings. The van der Waals surface area contributed by atoms with Crippen LogP contribution < -0.4 is 5.14 Å². The zero-order valence-electron chi connectivity index (χ0n) is 9.97. The number of hydrogen-bond donors (Lipinski definition) is 1. The van der Waals surface area contributed by atoms with E-state index in [1.807, 2.05) is 44.2 Å². The number of primary sulfonamides is 1. The minimum atomic E-state index is -3.44. The second kappa shape index (κ2) is 4.55. The molecule has 1 aromatic carbocycles. The lowest BCUT2D eigenvalue weighted by atomic mass is 9.81. The zero-order valence-corrected chi connectivity index (χ0v) is 10.8. The van der Waals surface area contributed by atoms with E-state index in [0.29, 0.717) is 6.42 Å². The number of hydrogen-bond acceptors (Lipinski definition) is 2. The SMILES string of the molecule is CC(CC(C)(C)c1ccccc1)S(N)(=O)=O. The molecular weight excluding hydrogens is 222 g/mol. The summed E-state index contributed by atoms with van der Waals surface area (Å²) in [5.41, 5.74) is 0.943. The fraction of sp³-hybridized carbons (Fsp3) is 0.500. The Kier molecular flexibility index (Phi) is 3.76. The van der Waals surface area contributed by atoms with E-state index in [1.54, 1.807) is 6.92 Å². The third-order valence-electron chi connectivity index (χ3n) is 2.91. The van der Waals surface area contributed by atoms with Gasteiger partial charge >= 0.3 is 0 Å². The van der Waals surface area contributed by atoms with E-state index < -0.39 is 15.3 Å². The predicted molar refractivity (Wildman–Crippen MR) is 66.7 cm³/mol. The van der Waals surface area contributed by atoms with E-state index in [4.69, 9.17) is 5.14 Å². The molecule has 3 nitrogen and oxygen atoms in total. The Morgan fingerprint density at radius 1 is 1.25 bits per heavy atom. The standard InChI is InChI=1S/C12H19NO2S/c1-10(16(13,14)15)9-12(2,3)11-7-5-4-6-8-11/h4-8,10H,9H2,1-3H3,(H2,13,14,15). The topological polar surface area (TPSA) is 60.2 Å². The average Bonchev–Trinajstić information content (AvgIpc) is 2.17. The molecule has 1 rings (SSSR count). The molecule has 0 bridgehead atoms. The molecule has 90 valence electrons. The van der Waals surface area contributed by atoms with Crippen molar-refractivity contribution in [1.29, 1.82) is 0 Å². The van der Waals surface area contributed by atoms with Crippen LogP contribution in [0.1, 0.15) is 32.8 Å². The average molecular weight is 241 g/mol. The molecule has 4 heteroatoms. The summed E-state index contributed by atoms with van der Waals surface area (Å²) in [6, 6.07) is 9.88. The highest BCUT2D eigenvalue weighted by Crippen LogP contribution is 2.29. The van der Waals surface area contributed by atoms with Gasteiger partial charge < -0.3 is 0 Å². The van der Waals surface area contributed by atoms with Gasteiger partial charge in [-0.25, -0.2) is 13.6 Å².